The lowest BCUT2D eigenvalue weighted by Crippen LogP contribution is -2.18. The number of hydrogen-bond acceptors (Lipinski definition) is 2. The van der Waals surface area contributed by atoms with Crippen LogP contribution in [0.1, 0.15) is 17.2 Å². The molecule has 2 rings (SSSR count). The van der Waals surface area contributed by atoms with Gasteiger partial charge >= 0.3 is 0 Å². The monoisotopic (exact) mass is 249 g/mol. The number of benzene rings is 1. The molecule has 1 aromatic carbocycles. The Bertz CT molecular complexity index is 459. The molecule has 0 saturated heterocycles. The first kappa shape index (κ1) is 12.1. The maximum atomic E-state index is 5.99. The highest BCUT2D eigenvalue weighted by Gasteiger charge is 2.11. The van der Waals surface area contributed by atoms with Crippen LogP contribution >= 0.6 is 11.6 Å². The predicted octanol–water partition coefficient (Wildman–Crippen LogP) is 2.59. The third kappa shape index (κ3) is 2.87. The van der Waals surface area contributed by atoms with Gasteiger partial charge in [0, 0.05) is 25.2 Å². The van der Waals surface area contributed by atoms with Gasteiger partial charge in [0.05, 0.1) is 10.7 Å². The maximum absolute atomic E-state index is 5.99. The van der Waals surface area contributed by atoms with Crippen molar-refractivity contribution in [3.8, 4) is 0 Å². The van der Waals surface area contributed by atoms with Crippen LogP contribution in [-0.2, 0) is 6.54 Å². The van der Waals surface area contributed by atoms with Crippen molar-refractivity contribution in [2.24, 2.45) is 5.73 Å². The van der Waals surface area contributed by atoms with E-state index in [0.29, 0.717) is 11.6 Å². The fourth-order valence-corrected chi connectivity index (χ4v) is 2.00. The van der Waals surface area contributed by atoms with Crippen LogP contribution in [0.15, 0.2) is 36.5 Å². The summed E-state index contributed by atoms with van der Waals surface area (Å²) in [4.78, 5) is 0. The Balaban J connectivity index is 2.15. The van der Waals surface area contributed by atoms with E-state index >= 15 is 0 Å². The summed E-state index contributed by atoms with van der Waals surface area (Å²) in [5.41, 5.74) is 7.92. The van der Waals surface area contributed by atoms with Gasteiger partial charge in [-0.05, 0) is 12.5 Å². The molecule has 2 N–H and O–H groups in total. The van der Waals surface area contributed by atoms with E-state index in [1.54, 1.807) is 0 Å². The molecule has 4 heteroatoms. The van der Waals surface area contributed by atoms with Crippen LogP contribution in [0.3, 0.4) is 0 Å². The van der Waals surface area contributed by atoms with E-state index in [2.05, 4.69) is 17.2 Å². The molecule has 0 fully saturated rings. The zero-order chi connectivity index (χ0) is 12.3. The lowest BCUT2D eigenvalue weighted by molar-refractivity contribution is 0.519. The molecule has 1 unspecified atom stereocenters. The van der Waals surface area contributed by atoms with Gasteiger partial charge in [-0.1, -0.05) is 41.9 Å². The summed E-state index contributed by atoms with van der Waals surface area (Å²) in [5.74, 6) is 0.270. The third-order valence-corrected chi connectivity index (χ3v) is 3.22. The molecule has 0 aliphatic heterocycles. The first-order valence-corrected chi connectivity index (χ1v) is 6.03. The van der Waals surface area contributed by atoms with Crippen molar-refractivity contribution in [2.75, 3.05) is 6.54 Å². The third-order valence-electron chi connectivity index (χ3n) is 2.85. The molecule has 1 atom stereocenters. The van der Waals surface area contributed by atoms with Crippen LogP contribution in [0.4, 0.5) is 0 Å². The minimum Gasteiger partial charge on any atom is -0.330 e. The van der Waals surface area contributed by atoms with E-state index in [1.165, 1.54) is 5.56 Å². The number of aromatic nitrogens is 2. The van der Waals surface area contributed by atoms with Gasteiger partial charge in [0.25, 0.3) is 0 Å². The van der Waals surface area contributed by atoms with Gasteiger partial charge in [0.1, 0.15) is 0 Å². The number of halogens is 1. The summed E-state index contributed by atoms with van der Waals surface area (Å²) in [6.07, 6.45) is 1.85. The minimum absolute atomic E-state index is 0.270. The molecule has 0 spiro atoms. The lowest BCUT2D eigenvalue weighted by Gasteiger charge is -2.15. The van der Waals surface area contributed by atoms with E-state index in [0.717, 1.165) is 12.2 Å². The average Bonchev–Trinajstić information content (AvgIpc) is 2.67. The molecule has 2 aromatic rings. The van der Waals surface area contributed by atoms with Crippen LogP contribution in [0.2, 0.25) is 5.02 Å². The zero-order valence-corrected chi connectivity index (χ0v) is 10.6. The standard InChI is InChI=1S/C13H16ClN3/c1-10-13(14)9-17(16-10)8-12(7-15)11-5-3-2-4-6-11/h2-6,9,12H,7-8,15H2,1H3. The fourth-order valence-electron chi connectivity index (χ4n) is 1.85. The molecule has 3 nitrogen and oxygen atoms in total. The summed E-state index contributed by atoms with van der Waals surface area (Å²) in [7, 11) is 0. The van der Waals surface area contributed by atoms with Crippen molar-refractivity contribution >= 4 is 11.6 Å². The van der Waals surface area contributed by atoms with Crippen molar-refractivity contribution in [2.45, 2.75) is 19.4 Å². The first-order valence-electron chi connectivity index (χ1n) is 5.65. The van der Waals surface area contributed by atoms with E-state index in [9.17, 15) is 0 Å². The Morgan fingerprint density at radius 2 is 2.06 bits per heavy atom. The molecule has 90 valence electrons. The number of rotatable bonds is 4. The average molecular weight is 250 g/mol. The van der Waals surface area contributed by atoms with Gasteiger partial charge in [-0.15, -0.1) is 0 Å². The fraction of sp³-hybridized carbons (Fsp3) is 0.308. The quantitative estimate of drug-likeness (QED) is 0.905. The molecule has 1 heterocycles. The summed E-state index contributed by atoms with van der Waals surface area (Å²) < 4.78 is 1.86. The molecular weight excluding hydrogens is 234 g/mol. The molecule has 0 amide bonds. The summed E-state index contributed by atoms with van der Waals surface area (Å²) in [6.45, 7) is 3.26. The second-order valence-electron chi connectivity index (χ2n) is 4.13. The van der Waals surface area contributed by atoms with Crippen molar-refractivity contribution in [3.63, 3.8) is 0 Å². The SMILES string of the molecule is Cc1nn(CC(CN)c2ccccc2)cc1Cl. The molecular formula is C13H16ClN3. The van der Waals surface area contributed by atoms with Crippen LogP contribution in [0.25, 0.3) is 0 Å². The van der Waals surface area contributed by atoms with Crippen LogP contribution in [0, 0.1) is 6.92 Å². The van der Waals surface area contributed by atoms with Gasteiger partial charge in [-0.2, -0.15) is 5.10 Å². The largest absolute Gasteiger partial charge is 0.330 e. The van der Waals surface area contributed by atoms with Crippen LogP contribution < -0.4 is 5.73 Å². The highest BCUT2D eigenvalue weighted by molar-refractivity contribution is 6.31. The Morgan fingerprint density at radius 3 is 2.59 bits per heavy atom. The minimum atomic E-state index is 0.270. The lowest BCUT2D eigenvalue weighted by atomic mass is 9.99. The molecule has 0 saturated carbocycles. The van der Waals surface area contributed by atoms with E-state index in [4.69, 9.17) is 17.3 Å². The highest BCUT2D eigenvalue weighted by Crippen LogP contribution is 2.18. The molecule has 17 heavy (non-hydrogen) atoms. The number of hydrogen-bond donors (Lipinski definition) is 1. The maximum Gasteiger partial charge on any atom is 0.0814 e. The van der Waals surface area contributed by atoms with E-state index in [1.807, 2.05) is 36.0 Å². The van der Waals surface area contributed by atoms with Crippen molar-refractivity contribution < 1.29 is 0 Å². The first-order chi connectivity index (χ1) is 8.20. The van der Waals surface area contributed by atoms with Gasteiger partial charge in [-0.25, -0.2) is 0 Å². The van der Waals surface area contributed by atoms with Crippen LogP contribution in [0.5, 0.6) is 0 Å². The predicted molar refractivity (Wildman–Crippen MR) is 70.2 cm³/mol. The van der Waals surface area contributed by atoms with Crippen LogP contribution in [-0.4, -0.2) is 16.3 Å². The Labute approximate surface area is 106 Å². The summed E-state index contributed by atoms with van der Waals surface area (Å²) >= 11 is 5.99. The highest BCUT2D eigenvalue weighted by atomic mass is 35.5. The van der Waals surface area contributed by atoms with Gasteiger partial charge in [-0.3, -0.25) is 4.68 Å². The molecule has 0 aliphatic rings. The van der Waals surface area contributed by atoms with Gasteiger partial charge < -0.3 is 5.73 Å². The number of nitrogens with two attached hydrogens (primary N) is 1. The smallest absolute Gasteiger partial charge is 0.0814 e. The van der Waals surface area contributed by atoms with Crippen molar-refractivity contribution in [1.29, 1.82) is 0 Å². The Hall–Kier alpha value is -1.32. The van der Waals surface area contributed by atoms with E-state index in [-0.39, 0.29) is 5.92 Å². The van der Waals surface area contributed by atoms with Crippen molar-refractivity contribution in [3.05, 3.63) is 52.8 Å². The molecule has 1 aromatic heterocycles. The van der Waals surface area contributed by atoms with Crippen molar-refractivity contribution in [1.82, 2.24) is 9.78 Å². The topological polar surface area (TPSA) is 43.8 Å². The number of nitrogens with zero attached hydrogens (tertiary/aromatic N) is 2. The zero-order valence-electron chi connectivity index (χ0n) is 9.81. The Morgan fingerprint density at radius 1 is 1.35 bits per heavy atom. The molecule has 0 radical (unpaired) electrons. The Kier molecular flexibility index (Phi) is 3.82. The van der Waals surface area contributed by atoms with Gasteiger partial charge in [0.2, 0.25) is 0 Å². The molecule has 0 aliphatic carbocycles. The van der Waals surface area contributed by atoms with E-state index < -0.39 is 0 Å². The summed E-state index contributed by atoms with van der Waals surface area (Å²) in [5, 5.41) is 5.06. The second kappa shape index (κ2) is 5.34. The van der Waals surface area contributed by atoms with Gasteiger partial charge in [0.15, 0.2) is 0 Å². The normalized spacial score (nSPS) is 12.6. The molecule has 0 bridgehead atoms. The number of aryl methyl sites for hydroxylation is 1. The second-order valence-corrected chi connectivity index (χ2v) is 4.53. The summed E-state index contributed by atoms with van der Waals surface area (Å²) in [6, 6.07) is 10.2.